The maximum absolute atomic E-state index is 2.45. The molecule has 0 aliphatic carbocycles. The van der Waals surface area contributed by atoms with Crippen molar-refractivity contribution in [3.05, 3.63) is 413 Å². The summed E-state index contributed by atoms with van der Waals surface area (Å²) in [4.78, 5) is 4.74. The Morgan fingerprint density at radius 3 is 1.01 bits per heavy atom. The van der Waals surface area contributed by atoms with Gasteiger partial charge in [0.15, 0.2) is 0 Å². The van der Waals surface area contributed by atoms with Crippen molar-refractivity contribution in [2.24, 2.45) is 0 Å². The van der Waals surface area contributed by atoms with E-state index in [4.69, 9.17) is 0 Å². The van der Waals surface area contributed by atoms with Crippen LogP contribution in [0.5, 0.6) is 0 Å². The summed E-state index contributed by atoms with van der Waals surface area (Å²) in [6, 6.07) is 152. The molecule has 0 saturated heterocycles. The van der Waals surface area contributed by atoms with E-state index < -0.39 is 0 Å². The summed E-state index contributed by atoms with van der Waals surface area (Å²) in [7, 11) is 0. The molecule has 0 atom stereocenters. The van der Waals surface area contributed by atoms with Crippen molar-refractivity contribution >= 4 is 132 Å². The molecule has 2 heterocycles. The Labute approximate surface area is 626 Å². The second-order valence-corrected chi connectivity index (χ2v) is 28.4. The maximum Gasteiger partial charge on any atom is 0.0547 e. The minimum absolute atomic E-state index is 1.09. The highest BCUT2D eigenvalue weighted by molar-refractivity contribution is 6.23. The number of aromatic nitrogens is 2. The summed E-state index contributed by atoms with van der Waals surface area (Å²) in [5.41, 5.74) is 25.4. The maximum atomic E-state index is 2.45. The van der Waals surface area contributed by atoms with Crippen molar-refractivity contribution < 1.29 is 0 Å². The Bertz CT molecular complexity index is 7070. The highest BCUT2D eigenvalue weighted by Crippen LogP contribution is 2.45. The van der Waals surface area contributed by atoms with Crippen molar-refractivity contribution in [3.63, 3.8) is 0 Å². The van der Waals surface area contributed by atoms with Crippen LogP contribution in [0.15, 0.2) is 413 Å². The van der Waals surface area contributed by atoms with Crippen LogP contribution in [-0.2, 0) is 0 Å². The van der Waals surface area contributed by atoms with E-state index in [1.165, 1.54) is 142 Å². The van der Waals surface area contributed by atoms with Gasteiger partial charge in [0.25, 0.3) is 0 Å². The molecule has 4 nitrogen and oxygen atoms in total. The van der Waals surface area contributed by atoms with E-state index in [1.54, 1.807) is 0 Å². The first-order valence-corrected chi connectivity index (χ1v) is 37.2. The van der Waals surface area contributed by atoms with Gasteiger partial charge in [-0.25, -0.2) is 0 Å². The Kier molecular flexibility index (Phi) is 14.9. The standard InChI is InChI=1S/C104H68N4/c1-3-16-69(17-4-1)71-34-48-89(49-35-71)106(93-56-42-70-18-7-8-21-79(70)65-93)94-58-44-83-64-81(31-33-85(83)67-94)74-40-54-91(55-41-74)108-100-59-47-86(68-98(100)104-96-27-12-10-20-76(96)46-61-102(104)108)78-23-15-22-77(62-78)72-36-50-88(51-37-72)105(87-24-5-2-6-25-87)92-57-43-82-63-80(30-32-84(82)66-92)73-38-52-90(53-39-73)107-99-29-14-13-28-97(99)103-95-26-11-9-19-75(95)45-60-101(103)107/h1-68H. The molecule has 0 spiro atoms. The number of rotatable bonds is 13. The third-order valence-corrected chi connectivity index (χ3v) is 22.2. The van der Waals surface area contributed by atoms with Gasteiger partial charge in [-0.2, -0.15) is 0 Å². The van der Waals surface area contributed by atoms with Crippen LogP contribution in [0.1, 0.15) is 0 Å². The minimum Gasteiger partial charge on any atom is -0.310 e. The monoisotopic (exact) mass is 1370 g/mol. The fourth-order valence-corrected chi connectivity index (χ4v) is 16.9. The van der Waals surface area contributed by atoms with Gasteiger partial charge in [-0.05, 0) is 255 Å². The molecule has 0 unspecified atom stereocenters. The lowest BCUT2D eigenvalue weighted by molar-refractivity contribution is 1.18. The molecule has 0 bridgehead atoms. The molecule has 4 heteroatoms. The number of hydrogen-bond donors (Lipinski definition) is 0. The van der Waals surface area contributed by atoms with E-state index >= 15 is 0 Å². The zero-order valence-electron chi connectivity index (χ0n) is 59.0. The van der Waals surface area contributed by atoms with Gasteiger partial charge >= 0.3 is 0 Å². The van der Waals surface area contributed by atoms with E-state index in [2.05, 4.69) is 431 Å². The zero-order chi connectivity index (χ0) is 71.2. The predicted molar refractivity (Wildman–Crippen MR) is 459 cm³/mol. The van der Waals surface area contributed by atoms with Crippen LogP contribution in [-0.4, -0.2) is 9.13 Å². The molecule has 0 radical (unpaired) electrons. The molecule has 0 fully saturated rings. The van der Waals surface area contributed by atoms with Gasteiger partial charge in [0.05, 0.1) is 22.1 Å². The van der Waals surface area contributed by atoms with Crippen molar-refractivity contribution in [1.82, 2.24) is 9.13 Å². The van der Waals surface area contributed by atoms with Gasteiger partial charge in [-0.15, -0.1) is 0 Å². The fraction of sp³-hybridized carbons (Fsp3) is 0. The minimum atomic E-state index is 1.09. The Morgan fingerprint density at radius 2 is 0.454 bits per heavy atom. The number of anilines is 6. The largest absolute Gasteiger partial charge is 0.310 e. The molecule has 504 valence electrons. The molecular formula is C104H68N4. The average molecular weight is 1370 g/mol. The summed E-state index contributed by atoms with van der Waals surface area (Å²) in [6.07, 6.45) is 0. The van der Waals surface area contributed by atoms with E-state index in [0.29, 0.717) is 0 Å². The number of para-hydroxylation sites is 2. The molecule has 0 aliphatic heterocycles. The Morgan fingerprint density at radius 1 is 0.148 bits per heavy atom. The van der Waals surface area contributed by atoms with Crippen molar-refractivity contribution in [2.75, 3.05) is 9.80 Å². The second kappa shape index (κ2) is 25.8. The first-order chi connectivity index (χ1) is 53.5. The lowest BCUT2D eigenvalue weighted by Gasteiger charge is -2.26. The number of benzene rings is 19. The van der Waals surface area contributed by atoms with Crippen LogP contribution in [0.25, 0.3) is 164 Å². The highest BCUT2D eigenvalue weighted by Gasteiger charge is 2.21. The molecule has 21 rings (SSSR count). The third kappa shape index (κ3) is 10.8. The summed E-state index contributed by atoms with van der Waals surface area (Å²) in [6.45, 7) is 0. The third-order valence-electron chi connectivity index (χ3n) is 22.2. The van der Waals surface area contributed by atoms with E-state index in [0.717, 1.165) is 56.6 Å². The topological polar surface area (TPSA) is 16.3 Å². The number of nitrogens with zero attached hydrogens (tertiary/aromatic N) is 4. The van der Waals surface area contributed by atoms with E-state index in [1.807, 2.05) is 0 Å². The molecule has 19 aromatic carbocycles. The molecule has 0 amide bonds. The number of hydrogen-bond acceptors (Lipinski definition) is 2. The summed E-state index contributed by atoms with van der Waals surface area (Å²) >= 11 is 0. The predicted octanol–water partition coefficient (Wildman–Crippen LogP) is 28.9. The number of fused-ring (bicyclic) bond motifs is 13. The average Bonchev–Trinajstić information content (AvgIpc) is 1.59. The smallest absolute Gasteiger partial charge is 0.0547 e. The summed E-state index contributed by atoms with van der Waals surface area (Å²) in [5, 5.41) is 17.2. The van der Waals surface area contributed by atoms with Gasteiger partial charge in [0, 0.05) is 67.0 Å². The van der Waals surface area contributed by atoms with Crippen LogP contribution in [0, 0.1) is 0 Å². The first kappa shape index (κ1) is 62.3. The lowest BCUT2D eigenvalue weighted by Crippen LogP contribution is -2.09. The molecule has 108 heavy (non-hydrogen) atoms. The highest BCUT2D eigenvalue weighted by atomic mass is 15.1. The van der Waals surface area contributed by atoms with Crippen LogP contribution in [0.4, 0.5) is 34.1 Å². The molecule has 2 aromatic heterocycles. The fourth-order valence-electron chi connectivity index (χ4n) is 16.9. The SMILES string of the molecule is c1ccc(-c2ccc(N(c3ccc4ccccc4c3)c3ccc4cc(-c5ccc(-n6c7ccc(-c8cccc(-c9ccc(N(c%10ccccc%10)c%10ccc%11cc(-c%12ccc(-n%13c%14ccccc%14c%14c%15ccccc%15ccc%14%13)cc%12)ccc%11c%10)cc9)c8)cc7c7c8ccccc8ccc76)cc5)ccc4c3)cc2)cc1. The Hall–Kier alpha value is -14.3. The molecule has 0 aliphatic rings. The van der Waals surface area contributed by atoms with Crippen LogP contribution >= 0.6 is 0 Å². The molecule has 21 aromatic rings. The van der Waals surface area contributed by atoms with Crippen molar-refractivity contribution in [3.8, 4) is 67.0 Å². The second-order valence-electron chi connectivity index (χ2n) is 28.4. The van der Waals surface area contributed by atoms with E-state index in [9.17, 15) is 0 Å². The zero-order valence-corrected chi connectivity index (χ0v) is 59.0. The van der Waals surface area contributed by atoms with Crippen LogP contribution < -0.4 is 9.80 Å². The van der Waals surface area contributed by atoms with Gasteiger partial charge in [-0.1, -0.05) is 267 Å². The quantitative estimate of drug-likeness (QED) is 0.114. The molecular weight excluding hydrogens is 1310 g/mol. The van der Waals surface area contributed by atoms with Gasteiger partial charge < -0.3 is 18.9 Å². The van der Waals surface area contributed by atoms with Crippen molar-refractivity contribution in [1.29, 1.82) is 0 Å². The van der Waals surface area contributed by atoms with Crippen LogP contribution in [0.3, 0.4) is 0 Å². The molecule has 0 saturated carbocycles. The first-order valence-electron chi connectivity index (χ1n) is 37.2. The lowest BCUT2D eigenvalue weighted by atomic mass is 9.97. The summed E-state index contributed by atoms with van der Waals surface area (Å²) in [5.74, 6) is 0. The normalized spacial score (nSPS) is 11.7. The van der Waals surface area contributed by atoms with Crippen molar-refractivity contribution in [2.45, 2.75) is 0 Å². The Balaban J connectivity index is 0.559. The molecule has 0 N–H and O–H groups in total. The summed E-state index contributed by atoms with van der Waals surface area (Å²) < 4.78 is 4.86. The van der Waals surface area contributed by atoms with Gasteiger partial charge in [0.1, 0.15) is 0 Å². The van der Waals surface area contributed by atoms with Gasteiger partial charge in [0.2, 0.25) is 0 Å². The van der Waals surface area contributed by atoms with E-state index in [-0.39, 0.29) is 0 Å². The van der Waals surface area contributed by atoms with Gasteiger partial charge in [-0.3, -0.25) is 0 Å². The van der Waals surface area contributed by atoms with Crippen LogP contribution in [0.2, 0.25) is 0 Å².